The summed E-state index contributed by atoms with van der Waals surface area (Å²) in [5, 5.41) is 11.9. The zero-order valence-electron chi connectivity index (χ0n) is 8.98. The van der Waals surface area contributed by atoms with Gasteiger partial charge in [0.05, 0.1) is 6.10 Å². The molecule has 1 aromatic heterocycles. The van der Waals surface area contributed by atoms with Crippen molar-refractivity contribution in [1.29, 1.82) is 0 Å². The van der Waals surface area contributed by atoms with Gasteiger partial charge >= 0.3 is 0 Å². The summed E-state index contributed by atoms with van der Waals surface area (Å²) >= 11 is 1.60. The van der Waals surface area contributed by atoms with E-state index in [2.05, 4.69) is 0 Å². The molecule has 0 saturated carbocycles. The normalized spacial score (nSPS) is 12.7. The van der Waals surface area contributed by atoms with Crippen LogP contribution in [-0.2, 0) is 6.42 Å². The summed E-state index contributed by atoms with van der Waals surface area (Å²) in [6.07, 6.45) is -0.0890. The topological polar surface area (TPSA) is 20.2 Å². The molecule has 1 aromatic carbocycles. The van der Waals surface area contributed by atoms with Crippen molar-refractivity contribution in [2.24, 2.45) is 0 Å². The molecule has 0 amide bonds. The summed E-state index contributed by atoms with van der Waals surface area (Å²) in [5.74, 6) is -0.261. The van der Waals surface area contributed by atoms with Gasteiger partial charge in [-0.3, -0.25) is 0 Å². The van der Waals surface area contributed by atoms with E-state index in [4.69, 9.17) is 0 Å². The predicted octanol–water partition coefficient (Wildman–Crippen LogP) is 3.47. The molecule has 0 fully saturated rings. The first-order valence-corrected chi connectivity index (χ1v) is 6.01. The first kappa shape index (κ1) is 11.3. The molecule has 1 unspecified atom stereocenters. The third-order valence-corrected chi connectivity index (χ3v) is 3.45. The summed E-state index contributed by atoms with van der Waals surface area (Å²) < 4.78 is 13.3. The molecule has 1 nitrogen and oxygen atoms in total. The minimum absolute atomic E-state index is 0.261. The van der Waals surface area contributed by atoms with E-state index in [0.29, 0.717) is 17.5 Å². The van der Waals surface area contributed by atoms with Gasteiger partial charge in [-0.1, -0.05) is 18.2 Å². The third kappa shape index (κ3) is 2.49. The second-order valence-electron chi connectivity index (χ2n) is 3.81. The molecule has 0 bridgehead atoms. The van der Waals surface area contributed by atoms with Crippen LogP contribution in [0.3, 0.4) is 0 Å². The molecule has 1 N–H and O–H groups in total. The molecule has 0 saturated heterocycles. The fourth-order valence-electron chi connectivity index (χ4n) is 1.55. The number of aryl methyl sites for hydroxylation is 1. The zero-order chi connectivity index (χ0) is 11.5. The first-order valence-electron chi connectivity index (χ1n) is 5.13. The van der Waals surface area contributed by atoms with E-state index >= 15 is 0 Å². The van der Waals surface area contributed by atoms with Gasteiger partial charge in [-0.25, -0.2) is 4.39 Å². The van der Waals surface area contributed by atoms with E-state index in [-0.39, 0.29) is 5.82 Å². The Balaban J connectivity index is 2.14. The van der Waals surface area contributed by atoms with Gasteiger partial charge in [0, 0.05) is 11.3 Å². The Hall–Kier alpha value is -1.19. The van der Waals surface area contributed by atoms with Crippen molar-refractivity contribution in [3.63, 3.8) is 0 Å². The molecule has 84 valence electrons. The summed E-state index contributed by atoms with van der Waals surface area (Å²) in [6, 6.07) is 8.80. The molecule has 0 spiro atoms. The van der Waals surface area contributed by atoms with Gasteiger partial charge < -0.3 is 5.11 Å². The lowest BCUT2D eigenvalue weighted by atomic mass is 10.0. The number of hydrogen-bond donors (Lipinski definition) is 1. The number of halogens is 1. The minimum Gasteiger partial charge on any atom is -0.388 e. The number of rotatable bonds is 3. The Morgan fingerprint density at radius 1 is 1.38 bits per heavy atom. The number of hydrogen-bond acceptors (Lipinski definition) is 2. The maximum Gasteiger partial charge on any atom is 0.126 e. The van der Waals surface area contributed by atoms with Crippen LogP contribution >= 0.6 is 11.3 Å². The van der Waals surface area contributed by atoms with E-state index in [1.165, 1.54) is 6.07 Å². The summed E-state index contributed by atoms with van der Waals surface area (Å²) in [4.78, 5) is 1.11. The van der Waals surface area contributed by atoms with E-state index in [0.717, 1.165) is 4.88 Å². The van der Waals surface area contributed by atoms with Crippen LogP contribution in [0.15, 0.2) is 35.7 Å². The number of aliphatic hydroxyl groups excluding tert-OH is 1. The summed E-state index contributed by atoms with van der Waals surface area (Å²) in [7, 11) is 0. The highest BCUT2D eigenvalue weighted by Gasteiger charge is 2.10. The third-order valence-electron chi connectivity index (χ3n) is 2.56. The second-order valence-corrected chi connectivity index (χ2v) is 4.84. The van der Waals surface area contributed by atoms with Gasteiger partial charge in [0.2, 0.25) is 0 Å². The van der Waals surface area contributed by atoms with Crippen LogP contribution in [0.25, 0.3) is 0 Å². The molecule has 1 heterocycles. The lowest BCUT2D eigenvalue weighted by Gasteiger charge is -2.10. The van der Waals surface area contributed by atoms with Crippen LogP contribution in [0.2, 0.25) is 0 Å². The fourth-order valence-corrected chi connectivity index (χ4v) is 2.30. The molecule has 0 aliphatic rings. The molecular weight excluding hydrogens is 223 g/mol. The van der Waals surface area contributed by atoms with Crippen molar-refractivity contribution < 1.29 is 9.50 Å². The molecule has 3 heteroatoms. The lowest BCUT2D eigenvalue weighted by molar-refractivity contribution is 0.179. The summed E-state index contributed by atoms with van der Waals surface area (Å²) in [5.41, 5.74) is 1.24. The van der Waals surface area contributed by atoms with Crippen molar-refractivity contribution in [3.8, 4) is 0 Å². The lowest BCUT2D eigenvalue weighted by Crippen LogP contribution is -2.01. The maximum atomic E-state index is 13.3. The largest absolute Gasteiger partial charge is 0.388 e. The van der Waals surface area contributed by atoms with E-state index < -0.39 is 6.10 Å². The highest BCUT2D eigenvalue weighted by atomic mass is 32.1. The Morgan fingerprint density at radius 2 is 2.19 bits per heavy atom. The number of thiophene rings is 1. The summed E-state index contributed by atoms with van der Waals surface area (Å²) in [6.45, 7) is 1.71. The molecule has 0 aliphatic heterocycles. The standard InChI is InChI=1S/C13H13FOS/c1-9-4-5-10(7-12(9)14)13(15)8-11-3-2-6-16-11/h2-7,13,15H,8H2,1H3. The highest BCUT2D eigenvalue weighted by Crippen LogP contribution is 2.22. The van der Waals surface area contributed by atoms with Gasteiger partial charge in [0.15, 0.2) is 0 Å². The molecule has 2 aromatic rings. The van der Waals surface area contributed by atoms with Crippen LogP contribution in [-0.4, -0.2) is 5.11 Å². The van der Waals surface area contributed by atoms with Gasteiger partial charge in [0.25, 0.3) is 0 Å². The second kappa shape index (κ2) is 4.76. The quantitative estimate of drug-likeness (QED) is 0.865. The first-order chi connectivity index (χ1) is 7.66. The van der Waals surface area contributed by atoms with E-state index in [1.807, 2.05) is 17.5 Å². The molecule has 16 heavy (non-hydrogen) atoms. The minimum atomic E-state index is -0.631. The van der Waals surface area contributed by atoms with Crippen molar-refractivity contribution in [3.05, 3.63) is 57.5 Å². The van der Waals surface area contributed by atoms with Gasteiger partial charge in [-0.2, -0.15) is 0 Å². The van der Waals surface area contributed by atoms with Crippen LogP contribution in [0, 0.1) is 12.7 Å². The average Bonchev–Trinajstić information content (AvgIpc) is 2.74. The molecule has 0 aliphatic carbocycles. The molecule has 2 rings (SSSR count). The van der Waals surface area contributed by atoms with E-state index in [1.54, 1.807) is 30.4 Å². The SMILES string of the molecule is Cc1ccc(C(O)Cc2cccs2)cc1F. The predicted molar refractivity (Wildman–Crippen MR) is 64.1 cm³/mol. The van der Waals surface area contributed by atoms with Crippen molar-refractivity contribution in [1.82, 2.24) is 0 Å². The van der Waals surface area contributed by atoms with Gasteiger partial charge in [-0.05, 0) is 35.6 Å². The molecular formula is C13H13FOS. The fraction of sp³-hybridized carbons (Fsp3) is 0.231. The van der Waals surface area contributed by atoms with Crippen LogP contribution < -0.4 is 0 Å². The van der Waals surface area contributed by atoms with Crippen molar-refractivity contribution in [2.45, 2.75) is 19.4 Å². The average molecular weight is 236 g/mol. The smallest absolute Gasteiger partial charge is 0.126 e. The Bertz CT molecular complexity index is 465. The van der Waals surface area contributed by atoms with Crippen molar-refractivity contribution >= 4 is 11.3 Å². The Morgan fingerprint density at radius 3 is 2.81 bits per heavy atom. The monoisotopic (exact) mass is 236 g/mol. The highest BCUT2D eigenvalue weighted by molar-refractivity contribution is 7.09. The zero-order valence-corrected chi connectivity index (χ0v) is 9.80. The number of aliphatic hydroxyl groups is 1. The van der Waals surface area contributed by atoms with Gasteiger partial charge in [0.1, 0.15) is 5.82 Å². The molecule has 1 atom stereocenters. The molecule has 0 radical (unpaired) electrons. The Kier molecular flexibility index (Phi) is 3.36. The van der Waals surface area contributed by atoms with E-state index in [9.17, 15) is 9.50 Å². The van der Waals surface area contributed by atoms with Gasteiger partial charge in [-0.15, -0.1) is 11.3 Å². The van der Waals surface area contributed by atoms with Crippen molar-refractivity contribution in [2.75, 3.05) is 0 Å². The van der Waals surface area contributed by atoms with Crippen LogP contribution in [0.4, 0.5) is 4.39 Å². The van der Waals surface area contributed by atoms with Crippen LogP contribution in [0.1, 0.15) is 22.1 Å². The number of benzene rings is 1. The van der Waals surface area contributed by atoms with Crippen LogP contribution in [0.5, 0.6) is 0 Å². The maximum absolute atomic E-state index is 13.3. The Labute approximate surface area is 98.2 Å².